The van der Waals surface area contributed by atoms with Crippen molar-refractivity contribution in [1.29, 1.82) is 0 Å². The number of rotatable bonds is 7. The number of amides is 1. The van der Waals surface area contributed by atoms with Crippen molar-refractivity contribution in [2.24, 2.45) is 0 Å². The van der Waals surface area contributed by atoms with Gasteiger partial charge in [0.25, 0.3) is 0 Å². The lowest BCUT2D eigenvalue weighted by Gasteiger charge is -2.15. The van der Waals surface area contributed by atoms with E-state index in [1.54, 1.807) is 38.1 Å². The Kier molecular flexibility index (Phi) is 6.71. The Morgan fingerprint density at radius 1 is 1.03 bits per heavy atom. The quantitative estimate of drug-likeness (QED) is 0.256. The standard InChI is InChI=1S/C29H24F2N2O4S/c1-16-25(32-28(36)37-17(2)18-6-4-3-5-7-18)26(38-33-16)22-15-23(30)21(14-24(22)31)19-8-10-20(11-9-19)29(12-13-29)27(34)35/h3-11,14-15,17H,12-13H2,1-2H3,(H,32,36)(H,34,35)/t17-/m1/s1. The summed E-state index contributed by atoms with van der Waals surface area (Å²) in [6.45, 7) is 3.39. The predicted molar refractivity (Wildman–Crippen MR) is 141 cm³/mol. The first-order valence-electron chi connectivity index (χ1n) is 12.0. The van der Waals surface area contributed by atoms with Crippen molar-refractivity contribution in [3.05, 3.63) is 95.2 Å². The van der Waals surface area contributed by atoms with E-state index < -0.39 is 35.2 Å². The molecule has 6 nitrogen and oxygen atoms in total. The Morgan fingerprint density at radius 3 is 2.29 bits per heavy atom. The average Bonchev–Trinajstić information content (AvgIpc) is 3.65. The molecule has 1 aromatic heterocycles. The third-order valence-electron chi connectivity index (χ3n) is 6.85. The highest BCUT2D eigenvalue weighted by Gasteiger charge is 2.51. The number of aryl methyl sites for hydroxylation is 1. The van der Waals surface area contributed by atoms with Crippen LogP contribution >= 0.6 is 11.5 Å². The maximum atomic E-state index is 15.3. The number of ether oxygens (including phenoxy) is 1. The van der Waals surface area contributed by atoms with Gasteiger partial charge in [0.2, 0.25) is 0 Å². The summed E-state index contributed by atoms with van der Waals surface area (Å²) >= 11 is 0.943. The number of aromatic nitrogens is 1. The molecule has 1 amide bonds. The smallest absolute Gasteiger partial charge is 0.412 e. The Bertz CT molecular complexity index is 1520. The number of carbonyl (C=O) groups is 2. The van der Waals surface area contributed by atoms with Gasteiger partial charge in [-0.1, -0.05) is 54.6 Å². The van der Waals surface area contributed by atoms with E-state index in [0.717, 1.165) is 29.2 Å². The monoisotopic (exact) mass is 534 g/mol. The number of carboxylic acids is 1. The van der Waals surface area contributed by atoms with E-state index in [2.05, 4.69) is 9.69 Å². The summed E-state index contributed by atoms with van der Waals surface area (Å²) in [5, 5.41) is 12.1. The van der Waals surface area contributed by atoms with Gasteiger partial charge in [-0.05, 0) is 67.0 Å². The first-order chi connectivity index (χ1) is 18.2. The van der Waals surface area contributed by atoms with E-state index in [4.69, 9.17) is 4.74 Å². The second-order valence-electron chi connectivity index (χ2n) is 9.33. The van der Waals surface area contributed by atoms with Crippen LogP contribution in [0.3, 0.4) is 0 Å². The van der Waals surface area contributed by atoms with E-state index in [-0.39, 0.29) is 21.7 Å². The summed E-state index contributed by atoms with van der Waals surface area (Å²) in [6.07, 6.45) is -0.138. The van der Waals surface area contributed by atoms with Crippen molar-refractivity contribution in [1.82, 2.24) is 4.37 Å². The molecule has 1 heterocycles. The molecule has 0 bridgehead atoms. The zero-order valence-corrected chi connectivity index (χ0v) is 21.4. The summed E-state index contributed by atoms with van der Waals surface area (Å²) in [7, 11) is 0. The normalized spacial score (nSPS) is 14.5. The molecule has 1 atom stereocenters. The summed E-state index contributed by atoms with van der Waals surface area (Å²) in [4.78, 5) is 24.4. The first kappa shape index (κ1) is 25.5. The van der Waals surface area contributed by atoms with Crippen LogP contribution < -0.4 is 5.32 Å². The summed E-state index contributed by atoms with van der Waals surface area (Å²) in [5.41, 5.74) is 1.72. The number of carboxylic acid groups (broad SMARTS) is 1. The van der Waals surface area contributed by atoms with Crippen molar-refractivity contribution >= 4 is 29.3 Å². The van der Waals surface area contributed by atoms with Crippen molar-refractivity contribution in [3.8, 4) is 21.6 Å². The molecule has 2 N–H and O–H groups in total. The molecule has 1 saturated carbocycles. The van der Waals surface area contributed by atoms with Crippen LogP contribution in [0.15, 0.2) is 66.7 Å². The number of hydrogen-bond acceptors (Lipinski definition) is 5. The lowest BCUT2D eigenvalue weighted by molar-refractivity contribution is -0.140. The number of aliphatic carboxylic acids is 1. The van der Waals surface area contributed by atoms with Gasteiger partial charge in [-0.25, -0.2) is 13.6 Å². The Balaban J connectivity index is 1.38. The number of anilines is 1. The van der Waals surface area contributed by atoms with Crippen LogP contribution in [0.5, 0.6) is 0 Å². The van der Waals surface area contributed by atoms with Crippen molar-refractivity contribution in [2.45, 2.75) is 38.2 Å². The molecule has 0 radical (unpaired) electrons. The van der Waals surface area contributed by atoms with E-state index >= 15 is 8.78 Å². The molecule has 1 fully saturated rings. The highest BCUT2D eigenvalue weighted by molar-refractivity contribution is 7.10. The summed E-state index contributed by atoms with van der Waals surface area (Å²) in [5.74, 6) is -2.23. The minimum absolute atomic E-state index is 0.0392. The molecular weight excluding hydrogens is 510 g/mol. The molecule has 1 aliphatic rings. The fraction of sp³-hybridized carbons (Fsp3) is 0.207. The molecule has 0 spiro atoms. The van der Waals surface area contributed by atoms with Gasteiger partial charge in [-0.3, -0.25) is 10.1 Å². The van der Waals surface area contributed by atoms with Crippen LogP contribution in [0, 0.1) is 18.6 Å². The molecule has 5 rings (SSSR count). The van der Waals surface area contributed by atoms with Crippen LogP contribution in [0.2, 0.25) is 0 Å². The zero-order chi connectivity index (χ0) is 27.0. The van der Waals surface area contributed by atoms with E-state index in [9.17, 15) is 14.7 Å². The Labute approximate surface area is 222 Å². The highest BCUT2D eigenvalue weighted by Crippen LogP contribution is 2.48. The molecule has 194 valence electrons. The van der Waals surface area contributed by atoms with Crippen LogP contribution in [0.1, 0.15) is 42.7 Å². The predicted octanol–water partition coefficient (Wildman–Crippen LogP) is 7.49. The number of halogens is 2. The topological polar surface area (TPSA) is 88.5 Å². The van der Waals surface area contributed by atoms with Gasteiger partial charge in [0.05, 0.1) is 21.7 Å². The molecule has 38 heavy (non-hydrogen) atoms. The third-order valence-corrected chi connectivity index (χ3v) is 7.82. The summed E-state index contributed by atoms with van der Waals surface area (Å²) < 4.78 is 40.3. The minimum atomic E-state index is -0.880. The van der Waals surface area contributed by atoms with E-state index in [1.807, 2.05) is 30.3 Å². The van der Waals surface area contributed by atoms with E-state index in [1.165, 1.54) is 0 Å². The molecule has 0 unspecified atom stereocenters. The maximum Gasteiger partial charge on any atom is 0.412 e. The molecule has 9 heteroatoms. The fourth-order valence-electron chi connectivity index (χ4n) is 4.45. The van der Waals surface area contributed by atoms with Gasteiger partial charge >= 0.3 is 12.1 Å². The Hall–Kier alpha value is -4.11. The average molecular weight is 535 g/mol. The van der Waals surface area contributed by atoms with Crippen LogP contribution in [-0.2, 0) is 14.9 Å². The maximum absolute atomic E-state index is 15.3. The molecular formula is C29H24F2N2O4S. The lowest BCUT2D eigenvalue weighted by atomic mass is 9.93. The molecule has 4 aromatic rings. The fourth-order valence-corrected chi connectivity index (χ4v) is 5.31. The SMILES string of the molecule is Cc1nsc(-c2cc(F)c(-c3ccc(C4(C(=O)O)CC4)cc3)cc2F)c1NC(=O)O[C@H](C)c1ccccc1. The third kappa shape index (κ3) is 4.77. The van der Waals surface area contributed by atoms with E-state index in [0.29, 0.717) is 29.7 Å². The number of nitrogens with zero attached hydrogens (tertiary/aromatic N) is 1. The number of nitrogens with one attached hydrogen (secondary N) is 1. The second-order valence-corrected chi connectivity index (χ2v) is 10.1. The van der Waals surface area contributed by atoms with Gasteiger partial charge in [0.1, 0.15) is 17.7 Å². The minimum Gasteiger partial charge on any atom is -0.481 e. The lowest BCUT2D eigenvalue weighted by Crippen LogP contribution is -2.19. The van der Waals surface area contributed by atoms with Gasteiger partial charge in [0, 0.05) is 11.1 Å². The van der Waals surface area contributed by atoms with Gasteiger partial charge in [-0.15, -0.1) is 0 Å². The number of hydrogen-bond donors (Lipinski definition) is 2. The van der Waals surface area contributed by atoms with Crippen molar-refractivity contribution in [3.63, 3.8) is 0 Å². The van der Waals surface area contributed by atoms with Crippen molar-refractivity contribution < 1.29 is 28.2 Å². The first-order valence-corrected chi connectivity index (χ1v) is 12.8. The number of benzene rings is 3. The Morgan fingerprint density at radius 2 is 1.66 bits per heavy atom. The van der Waals surface area contributed by atoms with Crippen LogP contribution in [0.4, 0.5) is 19.3 Å². The van der Waals surface area contributed by atoms with Crippen LogP contribution in [-0.4, -0.2) is 21.5 Å². The molecule has 1 aliphatic carbocycles. The highest BCUT2D eigenvalue weighted by atomic mass is 32.1. The largest absolute Gasteiger partial charge is 0.481 e. The number of carbonyl (C=O) groups excluding carboxylic acids is 1. The van der Waals surface area contributed by atoms with Crippen molar-refractivity contribution in [2.75, 3.05) is 5.32 Å². The molecule has 3 aromatic carbocycles. The second kappa shape index (κ2) is 9.98. The molecule has 0 saturated heterocycles. The summed E-state index contributed by atoms with van der Waals surface area (Å²) in [6, 6.07) is 17.9. The molecule has 0 aliphatic heterocycles. The van der Waals surface area contributed by atoms with Gasteiger partial charge in [-0.2, -0.15) is 4.37 Å². The van der Waals surface area contributed by atoms with Gasteiger partial charge in [0.15, 0.2) is 0 Å². The van der Waals surface area contributed by atoms with Gasteiger partial charge < -0.3 is 9.84 Å². The zero-order valence-electron chi connectivity index (χ0n) is 20.6. The van der Waals surface area contributed by atoms with Crippen LogP contribution in [0.25, 0.3) is 21.6 Å².